The highest BCUT2D eigenvalue weighted by Crippen LogP contribution is 2.28. The highest BCUT2D eigenvalue weighted by Gasteiger charge is 2.23. The second-order valence-electron chi connectivity index (χ2n) is 8.14. The zero-order chi connectivity index (χ0) is 21.8. The number of nitrogens with zero attached hydrogens (tertiary/aromatic N) is 6. The van der Waals surface area contributed by atoms with Crippen LogP contribution in [0.4, 0.5) is 17.6 Å². The lowest BCUT2D eigenvalue weighted by atomic mass is 10.2. The number of piperazine rings is 1. The summed E-state index contributed by atoms with van der Waals surface area (Å²) in [6.45, 7) is 13.0. The van der Waals surface area contributed by atoms with Crippen LogP contribution in [0.25, 0.3) is 11.0 Å². The number of hydrogen-bond acceptors (Lipinski definition) is 8. The summed E-state index contributed by atoms with van der Waals surface area (Å²) in [5.74, 6) is 2.19. The van der Waals surface area contributed by atoms with Crippen molar-refractivity contribution in [2.24, 2.45) is 0 Å². The zero-order valence-corrected chi connectivity index (χ0v) is 18.9. The number of aromatic nitrogens is 5. The van der Waals surface area contributed by atoms with Crippen LogP contribution in [0.2, 0.25) is 0 Å². The molecule has 0 aliphatic carbocycles. The SMILES string of the molecule is CCCOCCn1nc(C)c2nc(N3CCN[C@H](C)C3)nc(Nc3ccc(C)cn3)c21. The third-order valence-electron chi connectivity index (χ3n) is 5.35. The Morgan fingerprint density at radius 1 is 1.23 bits per heavy atom. The normalized spacial score (nSPS) is 16.8. The molecule has 1 atom stereocenters. The number of pyridine rings is 1. The monoisotopic (exact) mass is 424 g/mol. The van der Waals surface area contributed by atoms with Crippen molar-refractivity contribution in [1.29, 1.82) is 0 Å². The Morgan fingerprint density at radius 2 is 2.10 bits per heavy atom. The lowest BCUT2D eigenvalue weighted by Crippen LogP contribution is -2.49. The summed E-state index contributed by atoms with van der Waals surface area (Å²) in [6.07, 6.45) is 2.85. The van der Waals surface area contributed by atoms with Gasteiger partial charge in [-0.15, -0.1) is 0 Å². The van der Waals surface area contributed by atoms with Gasteiger partial charge in [0.2, 0.25) is 5.95 Å². The van der Waals surface area contributed by atoms with E-state index < -0.39 is 0 Å². The van der Waals surface area contributed by atoms with E-state index in [1.54, 1.807) is 0 Å². The van der Waals surface area contributed by atoms with E-state index in [9.17, 15) is 0 Å². The van der Waals surface area contributed by atoms with E-state index in [2.05, 4.69) is 34.4 Å². The average Bonchev–Trinajstić information content (AvgIpc) is 3.09. The first kappa shape index (κ1) is 21.5. The first-order chi connectivity index (χ1) is 15.0. The maximum Gasteiger partial charge on any atom is 0.228 e. The minimum atomic E-state index is 0.391. The Hall–Kier alpha value is -2.78. The third-order valence-corrected chi connectivity index (χ3v) is 5.35. The molecule has 0 radical (unpaired) electrons. The van der Waals surface area contributed by atoms with Gasteiger partial charge in [0.05, 0.1) is 18.8 Å². The number of hydrogen-bond donors (Lipinski definition) is 2. The summed E-state index contributed by atoms with van der Waals surface area (Å²) < 4.78 is 7.64. The Balaban J connectivity index is 1.74. The first-order valence-corrected chi connectivity index (χ1v) is 11.1. The van der Waals surface area contributed by atoms with Gasteiger partial charge in [-0.25, -0.2) is 9.97 Å². The molecule has 166 valence electrons. The fourth-order valence-electron chi connectivity index (χ4n) is 3.78. The molecule has 9 nitrogen and oxygen atoms in total. The minimum absolute atomic E-state index is 0.391. The maximum atomic E-state index is 5.70. The molecule has 1 fully saturated rings. The molecule has 31 heavy (non-hydrogen) atoms. The molecule has 3 aromatic rings. The van der Waals surface area contributed by atoms with Crippen molar-refractivity contribution in [3.8, 4) is 0 Å². The molecule has 4 heterocycles. The summed E-state index contributed by atoms with van der Waals surface area (Å²) in [5, 5.41) is 11.6. The number of nitrogens with one attached hydrogen (secondary N) is 2. The van der Waals surface area contributed by atoms with Crippen LogP contribution in [-0.2, 0) is 11.3 Å². The molecule has 0 unspecified atom stereocenters. The standard InChI is InChI=1S/C22H32N8O/c1-5-11-31-12-10-30-20-19(17(4)28-30)26-22(29-9-8-23-16(3)14-29)27-21(20)25-18-7-6-15(2)13-24-18/h6-7,13,16,23H,5,8-12,14H2,1-4H3,(H,24,25,26,27)/t16-/m1/s1. The van der Waals surface area contributed by atoms with E-state index in [1.807, 2.05) is 36.9 Å². The molecule has 0 saturated carbocycles. The zero-order valence-electron chi connectivity index (χ0n) is 18.9. The Bertz CT molecular complexity index is 1020. The summed E-state index contributed by atoms with van der Waals surface area (Å²) in [5.41, 5.74) is 3.74. The number of fused-ring (bicyclic) bond motifs is 1. The minimum Gasteiger partial charge on any atom is -0.380 e. The lowest BCUT2D eigenvalue weighted by Gasteiger charge is -2.32. The quantitative estimate of drug-likeness (QED) is 0.533. The molecule has 2 N–H and O–H groups in total. The van der Waals surface area contributed by atoms with Gasteiger partial charge in [-0.2, -0.15) is 10.1 Å². The molecule has 9 heteroatoms. The van der Waals surface area contributed by atoms with Crippen molar-refractivity contribution >= 4 is 28.6 Å². The van der Waals surface area contributed by atoms with Gasteiger partial charge in [0.15, 0.2) is 5.82 Å². The maximum absolute atomic E-state index is 5.70. The fraction of sp³-hybridized carbons (Fsp3) is 0.545. The van der Waals surface area contributed by atoms with E-state index >= 15 is 0 Å². The number of ether oxygens (including phenoxy) is 1. The molecule has 1 saturated heterocycles. The van der Waals surface area contributed by atoms with Gasteiger partial charge in [-0.3, -0.25) is 4.68 Å². The topological polar surface area (TPSA) is 93.0 Å². The second kappa shape index (κ2) is 9.57. The van der Waals surface area contributed by atoms with Crippen LogP contribution in [0.1, 0.15) is 31.5 Å². The predicted molar refractivity (Wildman–Crippen MR) is 123 cm³/mol. The van der Waals surface area contributed by atoms with E-state index in [1.165, 1.54) is 0 Å². The van der Waals surface area contributed by atoms with Gasteiger partial charge < -0.3 is 20.3 Å². The number of aryl methyl sites for hydroxylation is 2. The predicted octanol–water partition coefficient (Wildman–Crippen LogP) is 2.81. The molecular formula is C22H32N8O. The summed E-state index contributed by atoms with van der Waals surface area (Å²) in [7, 11) is 0. The molecule has 0 spiro atoms. The van der Waals surface area contributed by atoms with Gasteiger partial charge in [0.25, 0.3) is 0 Å². The summed E-state index contributed by atoms with van der Waals surface area (Å²) in [6, 6.07) is 4.39. The van der Waals surface area contributed by atoms with Crippen LogP contribution in [0.3, 0.4) is 0 Å². The van der Waals surface area contributed by atoms with Gasteiger partial charge >= 0.3 is 0 Å². The van der Waals surface area contributed by atoms with Gasteiger partial charge in [-0.05, 0) is 38.8 Å². The Labute approximate surface area is 183 Å². The number of anilines is 3. The molecule has 3 aromatic heterocycles. The molecule has 1 aliphatic rings. The van der Waals surface area contributed by atoms with E-state index in [-0.39, 0.29) is 0 Å². The van der Waals surface area contributed by atoms with Crippen molar-refractivity contribution in [2.75, 3.05) is 43.1 Å². The highest BCUT2D eigenvalue weighted by molar-refractivity contribution is 5.90. The van der Waals surface area contributed by atoms with Crippen LogP contribution < -0.4 is 15.5 Å². The van der Waals surface area contributed by atoms with Crippen molar-refractivity contribution in [1.82, 2.24) is 30.0 Å². The van der Waals surface area contributed by atoms with Crippen molar-refractivity contribution in [3.63, 3.8) is 0 Å². The largest absolute Gasteiger partial charge is 0.380 e. The van der Waals surface area contributed by atoms with E-state index in [0.717, 1.165) is 72.5 Å². The number of rotatable bonds is 8. The van der Waals surface area contributed by atoms with Crippen molar-refractivity contribution in [3.05, 3.63) is 29.6 Å². The highest BCUT2D eigenvalue weighted by atomic mass is 16.5. The molecule has 0 aromatic carbocycles. The van der Waals surface area contributed by atoms with Crippen LogP contribution in [0.15, 0.2) is 18.3 Å². The third kappa shape index (κ3) is 4.94. The van der Waals surface area contributed by atoms with Crippen LogP contribution in [0, 0.1) is 13.8 Å². The summed E-state index contributed by atoms with van der Waals surface area (Å²) in [4.78, 5) is 16.6. The molecule has 0 amide bonds. The van der Waals surface area contributed by atoms with Crippen LogP contribution >= 0.6 is 0 Å². The van der Waals surface area contributed by atoms with Gasteiger partial charge in [0, 0.05) is 38.5 Å². The molecule has 0 bridgehead atoms. The van der Waals surface area contributed by atoms with Gasteiger partial charge in [0.1, 0.15) is 16.9 Å². The van der Waals surface area contributed by atoms with Crippen molar-refractivity contribution < 1.29 is 4.74 Å². The van der Waals surface area contributed by atoms with E-state index in [0.29, 0.717) is 19.2 Å². The summed E-state index contributed by atoms with van der Waals surface area (Å²) >= 11 is 0. The smallest absolute Gasteiger partial charge is 0.228 e. The second-order valence-corrected chi connectivity index (χ2v) is 8.14. The van der Waals surface area contributed by atoms with E-state index in [4.69, 9.17) is 19.8 Å². The Kier molecular flexibility index (Phi) is 6.62. The molecule has 1 aliphatic heterocycles. The molecule has 4 rings (SSSR count). The lowest BCUT2D eigenvalue weighted by molar-refractivity contribution is 0.125. The Morgan fingerprint density at radius 3 is 2.84 bits per heavy atom. The van der Waals surface area contributed by atoms with Gasteiger partial charge in [-0.1, -0.05) is 13.0 Å². The van der Waals surface area contributed by atoms with Crippen LogP contribution in [-0.4, -0.2) is 63.6 Å². The first-order valence-electron chi connectivity index (χ1n) is 11.1. The van der Waals surface area contributed by atoms with Crippen molar-refractivity contribution in [2.45, 2.75) is 46.7 Å². The molecular weight excluding hydrogens is 392 g/mol. The average molecular weight is 425 g/mol. The fourth-order valence-corrected chi connectivity index (χ4v) is 3.78. The van der Waals surface area contributed by atoms with Crippen LogP contribution in [0.5, 0.6) is 0 Å².